The van der Waals surface area contributed by atoms with Crippen LogP contribution in [0.4, 0.5) is 18.9 Å². The Bertz CT molecular complexity index is 1430. The third-order valence-electron chi connectivity index (χ3n) is 9.31. The number of halogens is 3. The van der Waals surface area contributed by atoms with Gasteiger partial charge in [0.15, 0.2) is 0 Å². The minimum absolute atomic E-state index is 0.0335. The lowest BCUT2D eigenvalue weighted by molar-refractivity contribution is -0.274. The number of alkyl halides is 3. The van der Waals surface area contributed by atoms with Crippen LogP contribution in [0.3, 0.4) is 0 Å². The second kappa shape index (κ2) is 10.5. The molecule has 3 aliphatic rings. The van der Waals surface area contributed by atoms with Crippen LogP contribution in [0.5, 0.6) is 5.75 Å². The fourth-order valence-corrected chi connectivity index (χ4v) is 6.97. The summed E-state index contributed by atoms with van der Waals surface area (Å²) in [6.45, 7) is 10.9. The number of anilines is 1. The number of ether oxygens (including phenoxy) is 1. The lowest BCUT2D eigenvalue weighted by atomic mass is 9.67. The van der Waals surface area contributed by atoms with Crippen molar-refractivity contribution in [3.8, 4) is 5.75 Å². The van der Waals surface area contributed by atoms with Gasteiger partial charge in [-0.25, -0.2) is 0 Å². The molecule has 10 heteroatoms. The summed E-state index contributed by atoms with van der Waals surface area (Å²) in [6, 6.07) is 12.1. The van der Waals surface area contributed by atoms with E-state index in [4.69, 9.17) is 0 Å². The first-order valence-corrected chi connectivity index (χ1v) is 14.3. The van der Waals surface area contributed by atoms with E-state index in [0.717, 1.165) is 26.1 Å². The summed E-state index contributed by atoms with van der Waals surface area (Å²) in [7, 11) is 0. The van der Waals surface area contributed by atoms with Gasteiger partial charge in [0.05, 0.1) is 18.4 Å². The number of aromatic nitrogens is 1. The predicted molar refractivity (Wildman–Crippen MR) is 151 cm³/mol. The summed E-state index contributed by atoms with van der Waals surface area (Å²) in [5, 5.41) is 15.2. The number of likely N-dealkylation sites (tertiary alicyclic amines) is 2. The molecule has 6 rings (SSSR count). The average molecular weight is 570 g/mol. The average Bonchev–Trinajstić information content (AvgIpc) is 3.51. The maximum absolute atomic E-state index is 13.1. The fourth-order valence-electron chi connectivity index (χ4n) is 6.97. The van der Waals surface area contributed by atoms with Crippen LogP contribution in [0.2, 0.25) is 0 Å². The SMILES string of the molecule is [CH2+]C1CN(CC(O)C2CCN(C(=O)c3cc4cc(OC(F)(F)F)ccc4[nH]3)CC2)CCC12CNc1cc(C)ccc12. The highest BCUT2D eigenvalue weighted by Gasteiger charge is 2.50. The number of nitrogens with zero attached hydrogens (tertiary/aromatic N) is 2. The van der Waals surface area contributed by atoms with Crippen molar-refractivity contribution in [2.45, 2.75) is 44.1 Å². The molecule has 3 N–H and O–H groups in total. The van der Waals surface area contributed by atoms with Crippen molar-refractivity contribution in [3.63, 3.8) is 0 Å². The number of aryl methyl sites for hydroxylation is 1. The largest absolute Gasteiger partial charge is 0.573 e. The Kier molecular flexibility index (Phi) is 7.10. The van der Waals surface area contributed by atoms with Gasteiger partial charge in [0.1, 0.15) is 17.4 Å². The van der Waals surface area contributed by atoms with E-state index in [1.54, 1.807) is 11.0 Å². The van der Waals surface area contributed by atoms with Crippen molar-refractivity contribution in [1.29, 1.82) is 0 Å². The van der Waals surface area contributed by atoms with Crippen molar-refractivity contribution in [1.82, 2.24) is 14.8 Å². The molecule has 41 heavy (non-hydrogen) atoms. The lowest BCUT2D eigenvalue weighted by Crippen LogP contribution is -2.52. The molecule has 3 atom stereocenters. The Morgan fingerprint density at radius 2 is 1.95 bits per heavy atom. The molecular weight excluding hydrogens is 533 g/mol. The zero-order chi connectivity index (χ0) is 28.9. The van der Waals surface area contributed by atoms with Gasteiger partial charge in [-0.2, -0.15) is 0 Å². The molecule has 3 unspecified atom stereocenters. The number of nitrogens with one attached hydrogen (secondary N) is 2. The molecular formula is C31H36F3N4O3+. The highest BCUT2D eigenvalue weighted by Crippen LogP contribution is 2.47. The molecule has 1 spiro atoms. The molecule has 3 aliphatic heterocycles. The third-order valence-corrected chi connectivity index (χ3v) is 9.31. The molecule has 4 heterocycles. The van der Waals surface area contributed by atoms with Gasteiger partial charge >= 0.3 is 6.36 Å². The minimum atomic E-state index is -4.78. The Morgan fingerprint density at radius 1 is 1.17 bits per heavy atom. The zero-order valence-electron chi connectivity index (χ0n) is 23.1. The highest BCUT2D eigenvalue weighted by molar-refractivity contribution is 5.98. The zero-order valence-corrected chi connectivity index (χ0v) is 23.1. The van der Waals surface area contributed by atoms with Gasteiger partial charge in [-0.3, -0.25) is 9.69 Å². The quantitative estimate of drug-likeness (QED) is 0.373. The first-order valence-electron chi connectivity index (χ1n) is 14.3. The van der Waals surface area contributed by atoms with E-state index in [0.29, 0.717) is 49.1 Å². The Hall–Kier alpha value is -3.37. The molecule has 0 radical (unpaired) electrons. The van der Waals surface area contributed by atoms with Crippen LogP contribution in [0.15, 0.2) is 42.5 Å². The number of hydrogen-bond acceptors (Lipinski definition) is 5. The highest BCUT2D eigenvalue weighted by atomic mass is 19.4. The van der Waals surface area contributed by atoms with E-state index in [2.05, 4.69) is 52.0 Å². The maximum atomic E-state index is 13.1. The van der Waals surface area contributed by atoms with Crippen molar-refractivity contribution < 1.29 is 27.8 Å². The number of aromatic amines is 1. The van der Waals surface area contributed by atoms with Crippen molar-refractivity contribution in [3.05, 3.63) is 66.2 Å². The van der Waals surface area contributed by atoms with E-state index in [-0.39, 0.29) is 28.9 Å². The van der Waals surface area contributed by atoms with E-state index < -0.39 is 12.5 Å². The number of fused-ring (bicyclic) bond motifs is 3. The number of benzene rings is 2. The lowest BCUT2D eigenvalue weighted by Gasteiger charge is -2.42. The minimum Gasteiger partial charge on any atom is -0.406 e. The Balaban J connectivity index is 1.02. The van der Waals surface area contributed by atoms with Gasteiger partial charge in [-0.05, 0) is 80.1 Å². The number of piperidine rings is 2. The topological polar surface area (TPSA) is 80.8 Å². The van der Waals surface area contributed by atoms with Crippen LogP contribution < -0.4 is 10.1 Å². The molecule has 0 saturated carbocycles. The normalized spacial score (nSPS) is 24.4. The summed E-state index contributed by atoms with van der Waals surface area (Å²) < 4.78 is 41.7. The molecule has 1 amide bonds. The third kappa shape index (κ3) is 5.47. The van der Waals surface area contributed by atoms with Crippen molar-refractivity contribution in [2.75, 3.05) is 44.6 Å². The molecule has 218 valence electrons. The number of H-pyrrole nitrogens is 1. The molecule has 2 aromatic carbocycles. The molecule has 2 fully saturated rings. The van der Waals surface area contributed by atoms with Gasteiger partial charge in [0.25, 0.3) is 5.91 Å². The van der Waals surface area contributed by atoms with Crippen LogP contribution >= 0.6 is 0 Å². The molecule has 3 aromatic rings. The summed E-state index contributed by atoms with van der Waals surface area (Å²) in [4.78, 5) is 20.2. The fraction of sp³-hybridized carbons (Fsp3) is 0.484. The van der Waals surface area contributed by atoms with Crippen LogP contribution in [-0.2, 0) is 5.41 Å². The van der Waals surface area contributed by atoms with Crippen molar-refractivity contribution >= 4 is 22.5 Å². The Morgan fingerprint density at radius 3 is 2.68 bits per heavy atom. The maximum Gasteiger partial charge on any atom is 0.573 e. The number of hydrogen-bond donors (Lipinski definition) is 3. The second-order valence-electron chi connectivity index (χ2n) is 11.9. The van der Waals surface area contributed by atoms with Gasteiger partial charge in [-0.1, -0.05) is 12.1 Å². The molecule has 2 saturated heterocycles. The van der Waals surface area contributed by atoms with Crippen LogP contribution in [0.1, 0.15) is 40.9 Å². The second-order valence-corrected chi connectivity index (χ2v) is 11.9. The van der Waals surface area contributed by atoms with Gasteiger partial charge in [0.2, 0.25) is 0 Å². The number of carbonyl (C=O) groups is 1. The van der Waals surface area contributed by atoms with Crippen LogP contribution in [0, 0.1) is 25.7 Å². The van der Waals surface area contributed by atoms with E-state index in [1.807, 2.05) is 0 Å². The first-order chi connectivity index (χ1) is 19.5. The monoisotopic (exact) mass is 569 g/mol. The van der Waals surface area contributed by atoms with Gasteiger partial charge < -0.3 is 25.0 Å². The standard InChI is InChI=1S/C31H35F3N4O3/c1-19-3-5-24-26(13-19)35-18-30(24)9-12-37(16-20(30)2)17-28(39)21-7-10-38(11-8-21)29(40)27-15-22-14-23(41-31(32,33)34)4-6-25(22)36-27/h3-6,13-15,20-21,28,35,39H,2,7-12,16-18H2,1H3/p+1. The van der Waals surface area contributed by atoms with Crippen LogP contribution in [-0.4, -0.2) is 77.5 Å². The number of aliphatic hydroxyl groups excluding tert-OH is 1. The summed E-state index contributed by atoms with van der Waals surface area (Å²) in [6.07, 6.45) is -2.87. The van der Waals surface area contributed by atoms with E-state index in [1.165, 1.54) is 35.0 Å². The molecule has 0 bridgehead atoms. The van der Waals surface area contributed by atoms with E-state index in [9.17, 15) is 23.1 Å². The number of carbonyl (C=O) groups excluding carboxylic acids is 1. The predicted octanol–water partition coefficient (Wildman–Crippen LogP) is 5.11. The summed E-state index contributed by atoms with van der Waals surface area (Å²) in [5.74, 6) is -0.215. The first kappa shape index (κ1) is 27.8. The van der Waals surface area contributed by atoms with Gasteiger partial charge in [-0.15, -0.1) is 13.2 Å². The number of β-amino-alcohol motifs (C(OH)–C–C–N with tert-alkyl or cyclic N) is 1. The van der Waals surface area contributed by atoms with E-state index >= 15 is 0 Å². The van der Waals surface area contributed by atoms with Crippen molar-refractivity contribution in [2.24, 2.45) is 11.8 Å². The summed E-state index contributed by atoms with van der Waals surface area (Å²) in [5.41, 5.74) is 4.76. The molecule has 1 aromatic heterocycles. The van der Waals surface area contributed by atoms with Gasteiger partial charge in [0, 0.05) is 49.3 Å². The molecule has 7 nitrogen and oxygen atoms in total. The van der Waals surface area contributed by atoms with Crippen LogP contribution in [0.25, 0.3) is 10.9 Å². The number of aliphatic hydroxyl groups is 1. The molecule has 0 aliphatic carbocycles. The summed E-state index contributed by atoms with van der Waals surface area (Å²) >= 11 is 0. The smallest absolute Gasteiger partial charge is 0.406 e. The Labute approximate surface area is 237 Å². The number of amides is 1. The number of rotatable bonds is 5.